The number of benzene rings is 1. The van der Waals surface area contributed by atoms with Crippen LogP contribution in [0, 0.1) is 5.92 Å². The maximum absolute atomic E-state index is 12.4. The van der Waals surface area contributed by atoms with Crippen molar-refractivity contribution in [1.29, 1.82) is 0 Å². The first-order valence-corrected chi connectivity index (χ1v) is 17.2. The van der Waals surface area contributed by atoms with Crippen LogP contribution in [0.5, 0.6) is 5.75 Å². The molecule has 232 valence electrons. The first kappa shape index (κ1) is 36.8. The second-order valence-corrected chi connectivity index (χ2v) is 12.8. The van der Waals surface area contributed by atoms with Gasteiger partial charge in [0.2, 0.25) is 0 Å². The molecule has 1 N–H and O–H groups in total. The van der Waals surface area contributed by atoms with E-state index in [0.29, 0.717) is 25.7 Å². The lowest BCUT2D eigenvalue weighted by molar-refractivity contribution is -0.120. The molecule has 0 fully saturated rings. The standard InChI is InChI=1S/C32H58NO6P/c1-5-7-8-9-10-11-12-13-14-16-24-37-32-21-19-29(20-22-32)26-30(27-31(34)18-6-2)28-39-40(35,36)38-25-17-15-23-33(3)4/h19-22,30H,5-18,23-28H2,1-4H3,(H,35,36). The number of ketones is 1. The van der Waals surface area contributed by atoms with E-state index in [0.717, 1.165) is 43.7 Å². The molecule has 0 aromatic heterocycles. The summed E-state index contributed by atoms with van der Waals surface area (Å²) in [5.74, 6) is 0.789. The van der Waals surface area contributed by atoms with Gasteiger partial charge in [-0.1, -0.05) is 83.8 Å². The van der Waals surface area contributed by atoms with Crippen molar-refractivity contribution in [3.05, 3.63) is 29.8 Å². The summed E-state index contributed by atoms with van der Waals surface area (Å²) in [7, 11) is -0.184. The number of hydrogen-bond acceptors (Lipinski definition) is 6. The molecular weight excluding hydrogens is 525 g/mol. The van der Waals surface area contributed by atoms with Crippen molar-refractivity contribution in [3.8, 4) is 5.75 Å². The van der Waals surface area contributed by atoms with E-state index in [1.165, 1.54) is 57.8 Å². The van der Waals surface area contributed by atoms with Crippen LogP contribution >= 0.6 is 7.82 Å². The third kappa shape index (κ3) is 20.6. The van der Waals surface area contributed by atoms with Gasteiger partial charge in [0.1, 0.15) is 11.5 Å². The summed E-state index contributed by atoms with van der Waals surface area (Å²) in [5, 5.41) is 0. The van der Waals surface area contributed by atoms with Crippen LogP contribution in [0.2, 0.25) is 0 Å². The van der Waals surface area contributed by atoms with Crippen LogP contribution < -0.4 is 4.74 Å². The molecule has 0 radical (unpaired) electrons. The lowest BCUT2D eigenvalue weighted by Crippen LogP contribution is -2.17. The lowest BCUT2D eigenvalue weighted by Gasteiger charge is -2.19. The van der Waals surface area contributed by atoms with Gasteiger partial charge in [-0.25, -0.2) is 4.57 Å². The summed E-state index contributed by atoms with van der Waals surface area (Å²) in [6.07, 6.45) is 16.7. The number of phosphoric acid groups is 1. The lowest BCUT2D eigenvalue weighted by atomic mass is 9.94. The van der Waals surface area contributed by atoms with E-state index in [1.54, 1.807) is 0 Å². The van der Waals surface area contributed by atoms with Gasteiger partial charge in [0.15, 0.2) is 0 Å². The van der Waals surface area contributed by atoms with Gasteiger partial charge in [0.05, 0.1) is 19.8 Å². The second-order valence-electron chi connectivity index (χ2n) is 11.3. The number of carbonyl (C=O) groups excluding carboxylic acids is 1. The van der Waals surface area contributed by atoms with Crippen molar-refractivity contribution in [3.63, 3.8) is 0 Å². The minimum absolute atomic E-state index is 0.00206. The molecule has 0 amide bonds. The highest BCUT2D eigenvalue weighted by Crippen LogP contribution is 2.44. The number of unbranched alkanes of at least 4 members (excludes halogenated alkanes) is 10. The number of Topliss-reactive ketones (excluding diaryl/α,β-unsaturated/α-hetero) is 1. The van der Waals surface area contributed by atoms with E-state index in [1.807, 2.05) is 45.3 Å². The van der Waals surface area contributed by atoms with Gasteiger partial charge >= 0.3 is 7.82 Å². The molecule has 7 nitrogen and oxygen atoms in total. The highest BCUT2D eigenvalue weighted by atomic mass is 31.2. The van der Waals surface area contributed by atoms with Crippen LogP contribution in [0.25, 0.3) is 0 Å². The van der Waals surface area contributed by atoms with E-state index in [-0.39, 0.29) is 24.9 Å². The number of ether oxygens (including phenoxy) is 1. The molecule has 2 unspecified atom stereocenters. The molecule has 0 saturated heterocycles. The minimum atomic E-state index is -4.16. The van der Waals surface area contributed by atoms with Crippen molar-refractivity contribution in [2.24, 2.45) is 5.92 Å². The highest BCUT2D eigenvalue weighted by molar-refractivity contribution is 7.47. The zero-order valence-electron chi connectivity index (χ0n) is 25.9. The maximum atomic E-state index is 12.4. The molecule has 0 aliphatic heterocycles. The van der Waals surface area contributed by atoms with Gasteiger partial charge in [0, 0.05) is 12.8 Å². The van der Waals surface area contributed by atoms with Crippen LogP contribution in [-0.2, 0) is 24.8 Å². The third-order valence-electron chi connectivity index (χ3n) is 6.99. The molecule has 0 saturated carbocycles. The molecule has 2 atom stereocenters. The van der Waals surface area contributed by atoms with E-state index >= 15 is 0 Å². The Bertz CT molecular complexity index is 801. The Morgan fingerprint density at radius 2 is 1.43 bits per heavy atom. The zero-order valence-corrected chi connectivity index (χ0v) is 26.8. The van der Waals surface area contributed by atoms with Crippen molar-refractivity contribution >= 4 is 13.6 Å². The van der Waals surface area contributed by atoms with Crippen LogP contribution in [0.3, 0.4) is 0 Å². The molecule has 0 aliphatic carbocycles. The fraction of sp³-hybridized carbons (Fsp3) is 0.781. The first-order valence-electron chi connectivity index (χ1n) is 15.8. The number of rotatable bonds is 27. The van der Waals surface area contributed by atoms with E-state index in [2.05, 4.69) is 11.8 Å². The zero-order chi connectivity index (χ0) is 29.5. The normalized spacial score (nSPS) is 13.8. The average Bonchev–Trinajstić information content (AvgIpc) is 2.91. The molecule has 8 heteroatoms. The summed E-state index contributed by atoms with van der Waals surface area (Å²) >= 11 is 0. The third-order valence-corrected chi connectivity index (χ3v) is 7.97. The van der Waals surface area contributed by atoms with Crippen LogP contribution in [0.15, 0.2) is 24.3 Å². The smallest absolute Gasteiger partial charge is 0.472 e. The molecule has 0 spiro atoms. The average molecular weight is 584 g/mol. The predicted octanol–water partition coefficient (Wildman–Crippen LogP) is 8.38. The van der Waals surface area contributed by atoms with Gasteiger partial charge in [-0.15, -0.1) is 0 Å². The minimum Gasteiger partial charge on any atom is -0.494 e. The number of nitrogens with zero attached hydrogens (tertiary/aromatic N) is 1. The van der Waals surface area contributed by atoms with E-state index in [9.17, 15) is 14.3 Å². The maximum Gasteiger partial charge on any atom is 0.472 e. The molecule has 0 bridgehead atoms. The van der Waals surface area contributed by atoms with Crippen molar-refractivity contribution in [2.75, 3.05) is 40.5 Å². The summed E-state index contributed by atoms with van der Waals surface area (Å²) in [6.45, 7) is 6.01. The quantitative estimate of drug-likeness (QED) is 0.0822. The fourth-order valence-corrected chi connectivity index (χ4v) is 5.51. The Balaban J connectivity index is 2.41. The summed E-state index contributed by atoms with van der Waals surface area (Å²) in [5.41, 5.74) is 1.04. The topological polar surface area (TPSA) is 85.3 Å². The first-order chi connectivity index (χ1) is 19.3. The Morgan fingerprint density at radius 3 is 2.02 bits per heavy atom. The van der Waals surface area contributed by atoms with Crippen LogP contribution in [0.1, 0.15) is 116 Å². The summed E-state index contributed by atoms with van der Waals surface area (Å²) in [6, 6.07) is 7.94. The molecule has 0 heterocycles. The van der Waals surface area contributed by atoms with Gasteiger partial charge in [-0.05, 0) is 76.4 Å². The Hall–Kier alpha value is -1.24. The van der Waals surface area contributed by atoms with Gasteiger partial charge < -0.3 is 14.5 Å². The molecular formula is C32H58NO6P. The van der Waals surface area contributed by atoms with E-state index < -0.39 is 7.82 Å². The largest absolute Gasteiger partial charge is 0.494 e. The molecule has 1 rings (SSSR count). The van der Waals surface area contributed by atoms with Crippen molar-refractivity contribution in [1.82, 2.24) is 4.90 Å². The van der Waals surface area contributed by atoms with Gasteiger partial charge in [-0.3, -0.25) is 13.8 Å². The van der Waals surface area contributed by atoms with Crippen molar-refractivity contribution in [2.45, 2.75) is 117 Å². The molecule has 0 aliphatic rings. The Labute approximate surface area is 245 Å². The van der Waals surface area contributed by atoms with E-state index in [4.69, 9.17) is 13.8 Å². The summed E-state index contributed by atoms with van der Waals surface area (Å²) < 4.78 is 28.8. The predicted molar refractivity (Wildman–Crippen MR) is 165 cm³/mol. The second kappa shape index (κ2) is 23.3. The van der Waals surface area contributed by atoms with Gasteiger partial charge in [-0.2, -0.15) is 0 Å². The molecule has 1 aromatic rings. The Morgan fingerprint density at radius 1 is 0.825 bits per heavy atom. The monoisotopic (exact) mass is 583 g/mol. The van der Waals surface area contributed by atoms with Crippen LogP contribution in [0.4, 0.5) is 0 Å². The number of phosphoric ester groups is 1. The SMILES string of the molecule is CCCCCCCCCCCCOc1ccc(CC(COP(=O)(O)OCCCCN(C)C)CC(=O)CCC)cc1. The van der Waals surface area contributed by atoms with Gasteiger partial charge in [0.25, 0.3) is 0 Å². The van der Waals surface area contributed by atoms with Crippen LogP contribution in [-0.4, -0.2) is 56.0 Å². The molecule has 40 heavy (non-hydrogen) atoms. The fourth-order valence-electron chi connectivity index (χ4n) is 4.67. The number of carbonyl (C=O) groups is 1. The summed E-state index contributed by atoms with van der Waals surface area (Å²) in [4.78, 5) is 24.5. The highest BCUT2D eigenvalue weighted by Gasteiger charge is 2.24. The molecule has 1 aromatic carbocycles. The number of hydrogen-bond donors (Lipinski definition) is 1. The Kier molecular flexibility index (Phi) is 21.5. The van der Waals surface area contributed by atoms with Crippen molar-refractivity contribution < 1.29 is 28.0 Å².